The van der Waals surface area contributed by atoms with Crippen molar-refractivity contribution in [3.8, 4) is 17.2 Å². The van der Waals surface area contributed by atoms with Crippen LogP contribution in [-0.2, 0) is 0 Å². The van der Waals surface area contributed by atoms with Crippen LogP contribution in [0.4, 0.5) is 11.4 Å². The summed E-state index contributed by atoms with van der Waals surface area (Å²) >= 11 is 0. The lowest BCUT2D eigenvalue weighted by atomic mass is 9.98. The third-order valence-electron chi connectivity index (χ3n) is 2.56. The zero-order valence-electron chi connectivity index (χ0n) is 9.33. The van der Waals surface area contributed by atoms with E-state index in [1.807, 2.05) is 6.07 Å². The molecule has 2 N–H and O–H groups in total. The van der Waals surface area contributed by atoms with Crippen molar-refractivity contribution in [1.82, 2.24) is 0 Å². The molecule has 0 unspecified atom stereocenters. The first-order chi connectivity index (χ1) is 8.63. The minimum atomic E-state index is -0.500. The Hall–Kier alpha value is -2.87. The van der Waals surface area contributed by atoms with E-state index in [0.29, 0.717) is 22.4 Å². The molecule has 18 heavy (non-hydrogen) atoms. The molecule has 0 aliphatic rings. The molecular formula is C13H9N3O2. The Balaban J connectivity index is 2.72. The van der Waals surface area contributed by atoms with Crippen molar-refractivity contribution in [1.29, 1.82) is 5.26 Å². The van der Waals surface area contributed by atoms with Crippen LogP contribution in [0.3, 0.4) is 0 Å². The largest absolute Gasteiger partial charge is 0.399 e. The molecule has 0 atom stereocenters. The maximum atomic E-state index is 11.0. The average Bonchev–Trinajstić information content (AvgIpc) is 2.38. The molecule has 2 aromatic rings. The van der Waals surface area contributed by atoms with Gasteiger partial charge in [0, 0.05) is 17.3 Å². The highest BCUT2D eigenvalue weighted by Crippen LogP contribution is 2.33. The number of nitrogen functional groups attached to an aromatic ring is 1. The van der Waals surface area contributed by atoms with Crippen LogP contribution in [-0.4, -0.2) is 4.92 Å². The van der Waals surface area contributed by atoms with Crippen molar-refractivity contribution in [2.75, 3.05) is 5.73 Å². The minimum absolute atomic E-state index is 0.0994. The highest BCUT2D eigenvalue weighted by Gasteiger charge is 2.17. The number of nitrogens with zero attached hydrogens (tertiary/aromatic N) is 2. The van der Waals surface area contributed by atoms with Gasteiger partial charge in [0.1, 0.15) is 0 Å². The van der Waals surface area contributed by atoms with E-state index in [1.165, 1.54) is 6.07 Å². The summed E-state index contributed by atoms with van der Waals surface area (Å²) in [4.78, 5) is 10.5. The van der Waals surface area contributed by atoms with Crippen LogP contribution < -0.4 is 5.73 Å². The summed E-state index contributed by atoms with van der Waals surface area (Å²) in [5.41, 5.74) is 7.09. The molecule has 0 aromatic heterocycles. The molecule has 5 nitrogen and oxygen atoms in total. The maximum Gasteiger partial charge on any atom is 0.279 e. The van der Waals surface area contributed by atoms with E-state index in [9.17, 15) is 10.1 Å². The van der Waals surface area contributed by atoms with Gasteiger partial charge in [0.2, 0.25) is 0 Å². The summed E-state index contributed by atoms with van der Waals surface area (Å²) in [6.45, 7) is 0. The smallest absolute Gasteiger partial charge is 0.279 e. The molecule has 0 bridgehead atoms. The fraction of sp³-hybridized carbons (Fsp3) is 0. The Morgan fingerprint density at radius 1 is 1.17 bits per heavy atom. The summed E-state index contributed by atoms with van der Waals surface area (Å²) in [6.07, 6.45) is 0. The summed E-state index contributed by atoms with van der Waals surface area (Å²) in [7, 11) is 0. The molecule has 0 spiro atoms. The number of hydrogen-bond donors (Lipinski definition) is 1. The molecule has 0 radical (unpaired) electrons. The van der Waals surface area contributed by atoms with Crippen LogP contribution in [0, 0.1) is 21.4 Å². The monoisotopic (exact) mass is 239 g/mol. The number of benzene rings is 2. The molecular weight excluding hydrogens is 230 g/mol. The lowest BCUT2D eigenvalue weighted by Crippen LogP contribution is -1.95. The number of nitro benzene ring substituents is 1. The first-order valence-electron chi connectivity index (χ1n) is 5.17. The van der Waals surface area contributed by atoms with E-state index in [1.54, 1.807) is 36.4 Å². The van der Waals surface area contributed by atoms with Gasteiger partial charge in [0.15, 0.2) is 0 Å². The molecule has 2 rings (SSSR count). The maximum absolute atomic E-state index is 11.0. The van der Waals surface area contributed by atoms with Gasteiger partial charge in [0.05, 0.1) is 22.1 Å². The molecule has 5 heteroatoms. The third-order valence-corrected chi connectivity index (χ3v) is 2.56. The van der Waals surface area contributed by atoms with E-state index in [2.05, 4.69) is 0 Å². The molecule has 88 valence electrons. The predicted molar refractivity (Wildman–Crippen MR) is 67.7 cm³/mol. The molecule has 2 aromatic carbocycles. The molecule has 0 aliphatic carbocycles. The second-order valence-electron chi connectivity index (χ2n) is 3.69. The Morgan fingerprint density at radius 3 is 2.56 bits per heavy atom. The van der Waals surface area contributed by atoms with Gasteiger partial charge in [-0.1, -0.05) is 18.2 Å². The molecule has 0 fully saturated rings. The lowest BCUT2D eigenvalue weighted by Gasteiger charge is -2.05. The van der Waals surface area contributed by atoms with Crippen LogP contribution in [0.25, 0.3) is 11.1 Å². The van der Waals surface area contributed by atoms with E-state index in [0.717, 1.165) is 0 Å². The SMILES string of the molecule is N#Cc1ccccc1-c1ccc(N)cc1[N+](=O)[O-]. The van der Waals surface area contributed by atoms with Crippen molar-refractivity contribution in [2.24, 2.45) is 0 Å². The van der Waals surface area contributed by atoms with Crippen molar-refractivity contribution in [2.45, 2.75) is 0 Å². The topological polar surface area (TPSA) is 93.0 Å². The van der Waals surface area contributed by atoms with E-state index in [-0.39, 0.29) is 5.69 Å². The standard InChI is InChI=1S/C13H9N3O2/c14-8-9-3-1-2-4-11(9)12-6-5-10(15)7-13(12)16(17)18/h1-7H,15H2. The zero-order chi connectivity index (χ0) is 13.1. The number of hydrogen-bond acceptors (Lipinski definition) is 4. The van der Waals surface area contributed by atoms with Crippen LogP contribution in [0.15, 0.2) is 42.5 Å². The van der Waals surface area contributed by atoms with E-state index < -0.39 is 4.92 Å². The summed E-state index contributed by atoms with van der Waals surface area (Å²) in [5.74, 6) is 0. The molecule has 0 amide bonds. The van der Waals surface area contributed by atoms with Gasteiger partial charge >= 0.3 is 0 Å². The minimum Gasteiger partial charge on any atom is -0.399 e. The Labute approximate surface area is 103 Å². The van der Waals surface area contributed by atoms with Crippen molar-refractivity contribution in [3.63, 3.8) is 0 Å². The van der Waals surface area contributed by atoms with Crippen LogP contribution in [0.1, 0.15) is 5.56 Å². The van der Waals surface area contributed by atoms with Gasteiger partial charge < -0.3 is 5.73 Å². The van der Waals surface area contributed by atoms with Gasteiger partial charge in [-0.3, -0.25) is 10.1 Å². The van der Waals surface area contributed by atoms with E-state index in [4.69, 9.17) is 11.0 Å². The summed E-state index contributed by atoms with van der Waals surface area (Å²) in [6, 6.07) is 13.2. The van der Waals surface area contributed by atoms with Crippen molar-refractivity contribution < 1.29 is 4.92 Å². The zero-order valence-corrected chi connectivity index (χ0v) is 9.33. The number of anilines is 1. The average molecular weight is 239 g/mol. The predicted octanol–water partition coefficient (Wildman–Crippen LogP) is 2.72. The van der Waals surface area contributed by atoms with Crippen LogP contribution >= 0.6 is 0 Å². The second-order valence-corrected chi connectivity index (χ2v) is 3.69. The Morgan fingerprint density at radius 2 is 1.89 bits per heavy atom. The fourth-order valence-corrected chi connectivity index (χ4v) is 1.74. The molecule has 0 saturated carbocycles. The van der Waals surface area contributed by atoms with Gasteiger partial charge in [-0.25, -0.2) is 0 Å². The highest BCUT2D eigenvalue weighted by molar-refractivity contribution is 5.79. The third kappa shape index (κ3) is 1.99. The normalized spacial score (nSPS) is 9.72. The van der Waals surface area contributed by atoms with Gasteiger partial charge in [-0.2, -0.15) is 5.26 Å². The summed E-state index contributed by atoms with van der Waals surface area (Å²) in [5, 5.41) is 20.0. The van der Waals surface area contributed by atoms with Crippen molar-refractivity contribution >= 4 is 11.4 Å². The first kappa shape index (κ1) is 11.6. The van der Waals surface area contributed by atoms with Gasteiger partial charge in [0.25, 0.3) is 5.69 Å². The van der Waals surface area contributed by atoms with Gasteiger partial charge in [-0.05, 0) is 18.2 Å². The Kier molecular flexibility index (Phi) is 2.94. The first-order valence-corrected chi connectivity index (χ1v) is 5.17. The number of rotatable bonds is 2. The van der Waals surface area contributed by atoms with Crippen LogP contribution in [0.5, 0.6) is 0 Å². The second kappa shape index (κ2) is 4.55. The number of nitro groups is 1. The molecule has 0 aliphatic heterocycles. The van der Waals surface area contributed by atoms with Crippen molar-refractivity contribution in [3.05, 3.63) is 58.1 Å². The van der Waals surface area contributed by atoms with Gasteiger partial charge in [-0.15, -0.1) is 0 Å². The number of nitrogens with two attached hydrogens (primary N) is 1. The Bertz CT molecular complexity index is 660. The van der Waals surface area contributed by atoms with Crippen LogP contribution in [0.2, 0.25) is 0 Å². The molecule has 0 heterocycles. The highest BCUT2D eigenvalue weighted by atomic mass is 16.6. The lowest BCUT2D eigenvalue weighted by molar-refractivity contribution is -0.384. The number of nitriles is 1. The summed E-state index contributed by atoms with van der Waals surface area (Å²) < 4.78 is 0. The quantitative estimate of drug-likeness (QED) is 0.495. The fourth-order valence-electron chi connectivity index (χ4n) is 1.74. The molecule has 0 saturated heterocycles. The van der Waals surface area contributed by atoms with E-state index >= 15 is 0 Å².